The van der Waals surface area contributed by atoms with Gasteiger partial charge >= 0.3 is 5.97 Å². The van der Waals surface area contributed by atoms with Gasteiger partial charge in [-0.2, -0.15) is 0 Å². The Kier molecular flexibility index (Phi) is 8.69. The van der Waals surface area contributed by atoms with E-state index in [2.05, 4.69) is 16.4 Å². The number of benzene rings is 1. The van der Waals surface area contributed by atoms with E-state index in [1.165, 1.54) is 17.7 Å². The van der Waals surface area contributed by atoms with Crippen molar-refractivity contribution in [3.05, 3.63) is 59.0 Å². The number of aliphatic carboxylic acids is 1. The number of aryl methyl sites for hydroxylation is 1. The van der Waals surface area contributed by atoms with Gasteiger partial charge in [-0.1, -0.05) is 12.1 Å². The van der Waals surface area contributed by atoms with Gasteiger partial charge in [0.1, 0.15) is 17.7 Å². The Balaban J connectivity index is 1.11. The van der Waals surface area contributed by atoms with E-state index in [1.54, 1.807) is 6.07 Å². The Morgan fingerprint density at radius 3 is 3.00 bits per heavy atom. The zero-order chi connectivity index (χ0) is 25.6. The maximum Gasteiger partial charge on any atom is 0.325 e. The predicted octanol–water partition coefficient (Wildman–Crippen LogP) is 5.28. The van der Waals surface area contributed by atoms with E-state index in [0.29, 0.717) is 37.9 Å². The van der Waals surface area contributed by atoms with Crippen LogP contribution in [0, 0.1) is 5.82 Å². The molecule has 5 rings (SSSR count). The van der Waals surface area contributed by atoms with Gasteiger partial charge < -0.3 is 19.9 Å². The number of carbonyl (C=O) groups is 1. The lowest BCUT2D eigenvalue weighted by molar-refractivity contribution is -0.143. The molecule has 8 heteroatoms. The fourth-order valence-electron chi connectivity index (χ4n) is 6.00. The Morgan fingerprint density at radius 2 is 2.16 bits per heavy atom. The number of nitrogens with one attached hydrogen (secondary N) is 1. The highest BCUT2D eigenvalue weighted by atomic mass is 19.1. The number of unbranched alkanes of at least 4 members (excludes halogenated alkanes) is 1. The number of rotatable bonds is 10. The van der Waals surface area contributed by atoms with Crippen LogP contribution in [0.2, 0.25) is 0 Å². The van der Waals surface area contributed by atoms with Crippen molar-refractivity contribution in [2.45, 2.75) is 82.1 Å². The molecule has 4 heterocycles. The molecule has 1 aromatic carbocycles. The Bertz CT molecular complexity index is 1060. The normalized spacial score (nSPS) is 24.8. The van der Waals surface area contributed by atoms with Crippen molar-refractivity contribution in [3.63, 3.8) is 0 Å². The number of nitrogens with zero attached hydrogens (tertiary/aromatic N) is 2. The van der Waals surface area contributed by atoms with Crippen molar-refractivity contribution in [3.8, 4) is 0 Å². The van der Waals surface area contributed by atoms with Crippen LogP contribution in [-0.2, 0) is 20.7 Å². The van der Waals surface area contributed by atoms with Gasteiger partial charge in [0.2, 0.25) is 0 Å². The molecule has 0 spiro atoms. The number of halogens is 1. The summed E-state index contributed by atoms with van der Waals surface area (Å²) in [7, 11) is 0. The number of aromatic nitrogens is 1. The molecule has 1 aromatic heterocycles. The molecule has 7 nitrogen and oxygen atoms in total. The maximum absolute atomic E-state index is 14.3. The molecule has 2 saturated heterocycles. The molecule has 0 saturated carbocycles. The Labute approximate surface area is 218 Å². The quantitative estimate of drug-likeness (QED) is 0.420. The number of likely N-dealkylation sites (tertiary alicyclic amines) is 1. The van der Waals surface area contributed by atoms with Crippen LogP contribution >= 0.6 is 0 Å². The smallest absolute Gasteiger partial charge is 0.325 e. The summed E-state index contributed by atoms with van der Waals surface area (Å²) < 4.78 is 26.3. The maximum atomic E-state index is 14.3. The number of fused-ring (bicyclic) bond motifs is 1. The van der Waals surface area contributed by atoms with Gasteiger partial charge in [-0.3, -0.25) is 9.69 Å². The molecule has 2 N–H and O–H groups in total. The van der Waals surface area contributed by atoms with E-state index in [-0.39, 0.29) is 12.2 Å². The zero-order valence-corrected chi connectivity index (χ0v) is 21.4. The first kappa shape index (κ1) is 26.1. The number of pyridine rings is 1. The summed E-state index contributed by atoms with van der Waals surface area (Å²) in [6, 6.07) is 8.17. The van der Waals surface area contributed by atoms with Crippen LogP contribution in [0.15, 0.2) is 36.5 Å². The number of carboxylic acid groups (broad SMARTS) is 1. The first-order valence-corrected chi connectivity index (χ1v) is 13.8. The summed E-state index contributed by atoms with van der Waals surface area (Å²) in [6.07, 6.45) is 10.6. The summed E-state index contributed by atoms with van der Waals surface area (Å²) in [5.41, 5.74) is 2.60. The minimum Gasteiger partial charge on any atom is -0.480 e. The Morgan fingerprint density at radius 1 is 1.24 bits per heavy atom. The predicted molar refractivity (Wildman–Crippen MR) is 139 cm³/mol. The third kappa shape index (κ3) is 6.48. The summed E-state index contributed by atoms with van der Waals surface area (Å²) in [6.45, 7) is 2.46. The van der Waals surface area contributed by atoms with Crippen LogP contribution < -0.4 is 5.32 Å². The standard InChI is InChI=1S/C29H38FN3O4/c30-21-10-12-24(26-8-2-4-17-37-26)25(18-21)27(29(34)35)33-15-13-23(19-33)36-16-3-1-7-22-11-9-20-6-5-14-31-28(20)32-22/h5-6,10,12,14,18,22-23,26-27H,1-4,7-9,11,13,15-17,19H2,(H,31,32)(H,34,35)/t22-,23-,26+,27+/m1/s1. The largest absolute Gasteiger partial charge is 0.480 e. The molecular formula is C29H38FN3O4. The van der Waals surface area contributed by atoms with Gasteiger partial charge in [0, 0.05) is 38.5 Å². The van der Waals surface area contributed by atoms with E-state index in [4.69, 9.17) is 9.47 Å². The average Bonchev–Trinajstić information content (AvgIpc) is 3.37. The molecule has 200 valence electrons. The molecule has 3 aliphatic heterocycles. The summed E-state index contributed by atoms with van der Waals surface area (Å²) in [5, 5.41) is 13.7. The van der Waals surface area contributed by atoms with Gasteiger partial charge in [-0.05, 0) is 92.7 Å². The number of hydrogen-bond donors (Lipinski definition) is 2. The summed E-state index contributed by atoms with van der Waals surface area (Å²) >= 11 is 0. The average molecular weight is 512 g/mol. The summed E-state index contributed by atoms with van der Waals surface area (Å²) in [5.74, 6) is -0.357. The van der Waals surface area contributed by atoms with E-state index >= 15 is 0 Å². The van der Waals surface area contributed by atoms with Gasteiger partial charge in [-0.15, -0.1) is 0 Å². The second kappa shape index (κ2) is 12.3. The topological polar surface area (TPSA) is 83.9 Å². The molecule has 3 aliphatic rings. The SMILES string of the molecule is O=C(O)[C@H](c1cc(F)ccc1[C@@H]1CCCCO1)N1CC[C@@H](OCCCC[C@@H]2CCc3cccnc3N2)C1. The Hall–Kier alpha value is -2.55. The third-order valence-electron chi connectivity index (χ3n) is 7.94. The van der Waals surface area contributed by atoms with Crippen LogP contribution in [0.5, 0.6) is 0 Å². The number of ether oxygens (including phenoxy) is 2. The highest BCUT2D eigenvalue weighted by molar-refractivity contribution is 5.76. The van der Waals surface area contributed by atoms with Crippen LogP contribution in [0.1, 0.15) is 80.2 Å². The van der Waals surface area contributed by atoms with E-state index in [0.717, 1.165) is 69.2 Å². The van der Waals surface area contributed by atoms with Crippen LogP contribution in [-0.4, -0.2) is 59.4 Å². The second-order valence-electron chi connectivity index (χ2n) is 10.5. The molecule has 0 bridgehead atoms. The van der Waals surface area contributed by atoms with Crippen molar-refractivity contribution in [1.82, 2.24) is 9.88 Å². The third-order valence-corrected chi connectivity index (χ3v) is 7.94. The molecule has 0 amide bonds. The van der Waals surface area contributed by atoms with Crippen molar-refractivity contribution in [2.75, 3.05) is 31.6 Å². The molecular weight excluding hydrogens is 473 g/mol. The van der Waals surface area contributed by atoms with Gasteiger partial charge in [0.15, 0.2) is 0 Å². The lowest BCUT2D eigenvalue weighted by Crippen LogP contribution is -2.34. The van der Waals surface area contributed by atoms with Crippen molar-refractivity contribution >= 4 is 11.8 Å². The molecule has 0 aliphatic carbocycles. The second-order valence-corrected chi connectivity index (χ2v) is 10.5. The highest BCUT2D eigenvalue weighted by Crippen LogP contribution is 2.36. The monoisotopic (exact) mass is 511 g/mol. The van der Waals surface area contributed by atoms with Crippen LogP contribution in [0.3, 0.4) is 0 Å². The lowest BCUT2D eigenvalue weighted by atomic mass is 9.92. The molecule has 0 radical (unpaired) electrons. The number of carboxylic acids is 1. The van der Waals surface area contributed by atoms with Crippen LogP contribution in [0.25, 0.3) is 0 Å². The number of anilines is 1. The fourth-order valence-corrected chi connectivity index (χ4v) is 6.00. The summed E-state index contributed by atoms with van der Waals surface area (Å²) in [4.78, 5) is 18.8. The van der Waals surface area contributed by atoms with E-state index < -0.39 is 17.8 Å². The molecule has 2 aromatic rings. The van der Waals surface area contributed by atoms with Crippen molar-refractivity contribution in [2.24, 2.45) is 0 Å². The number of hydrogen-bond acceptors (Lipinski definition) is 6. The van der Waals surface area contributed by atoms with E-state index in [9.17, 15) is 14.3 Å². The van der Waals surface area contributed by atoms with Gasteiger partial charge in [0.25, 0.3) is 0 Å². The van der Waals surface area contributed by atoms with Gasteiger partial charge in [-0.25, -0.2) is 9.37 Å². The molecule has 0 unspecified atom stereocenters. The minimum absolute atomic E-state index is 0.00586. The molecule has 37 heavy (non-hydrogen) atoms. The van der Waals surface area contributed by atoms with Gasteiger partial charge in [0.05, 0.1) is 12.2 Å². The molecule has 4 atom stereocenters. The molecule has 2 fully saturated rings. The first-order chi connectivity index (χ1) is 18.1. The van der Waals surface area contributed by atoms with Crippen molar-refractivity contribution < 1.29 is 23.8 Å². The van der Waals surface area contributed by atoms with E-state index in [1.807, 2.05) is 17.2 Å². The lowest BCUT2D eigenvalue weighted by Gasteiger charge is -2.30. The minimum atomic E-state index is -0.959. The fraction of sp³-hybridized carbons (Fsp3) is 0.586. The zero-order valence-electron chi connectivity index (χ0n) is 21.4. The van der Waals surface area contributed by atoms with Crippen LogP contribution in [0.4, 0.5) is 10.2 Å². The highest BCUT2D eigenvalue weighted by Gasteiger charge is 2.36. The first-order valence-electron chi connectivity index (χ1n) is 13.8. The van der Waals surface area contributed by atoms with Crippen molar-refractivity contribution in [1.29, 1.82) is 0 Å².